The van der Waals surface area contributed by atoms with Crippen molar-refractivity contribution in [1.82, 2.24) is 19.9 Å². The second kappa shape index (κ2) is 9.59. The second-order valence-corrected chi connectivity index (χ2v) is 9.74. The van der Waals surface area contributed by atoms with E-state index in [9.17, 15) is 18.0 Å². The Morgan fingerprint density at radius 2 is 1.67 bits per heavy atom. The van der Waals surface area contributed by atoms with Crippen molar-refractivity contribution < 1.29 is 22.8 Å². The molecule has 0 fully saturated rings. The molecular formula is C24H20Cl2F3N5O2. The smallest absolute Gasteiger partial charge is 0.337 e. The number of hydrogen-bond acceptors (Lipinski definition) is 6. The van der Waals surface area contributed by atoms with E-state index in [2.05, 4.69) is 19.9 Å². The Labute approximate surface area is 214 Å². The number of H-pyrrole nitrogens is 1. The van der Waals surface area contributed by atoms with E-state index in [1.807, 2.05) is 20.8 Å². The average Bonchev–Trinajstić information content (AvgIpc) is 3.22. The van der Waals surface area contributed by atoms with Crippen LogP contribution in [0.4, 0.5) is 24.7 Å². The number of carbonyl (C=O) groups excluding carboxylic acids is 1. The first-order valence-electron chi connectivity index (χ1n) is 10.7. The van der Waals surface area contributed by atoms with Crippen LogP contribution in [0.2, 0.25) is 10.0 Å². The molecule has 4 aromatic rings. The zero-order valence-corrected chi connectivity index (χ0v) is 20.8. The molecule has 0 radical (unpaired) electrons. The number of benzene rings is 2. The molecule has 188 valence electrons. The van der Waals surface area contributed by atoms with Crippen LogP contribution in [0.25, 0.3) is 11.2 Å². The molecule has 0 saturated heterocycles. The summed E-state index contributed by atoms with van der Waals surface area (Å²) < 4.78 is 39.4. The maximum atomic E-state index is 13.1. The molecule has 0 spiro atoms. The van der Waals surface area contributed by atoms with Crippen molar-refractivity contribution in [2.75, 3.05) is 5.06 Å². The lowest BCUT2D eigenvalue weighted by molar-refractivity contribution is -0.199. The molecule has 2 aromatic carbocycles. The lowest BCUT2D eigenvalue weighted by Crippen LogP contribution is -2.33. The highest BCUT2D eigenvalue weighted by Gasteiger charge is 2.43. The van der Waals surface area contributed by atoms with E-state index in [1.165, 1.54) is 0 Å². The summed E-state index contributed by atoms with van der Waals surface area (Å²) in [6.07, 6.45) is -3.92. The van der Waals surface area contributed by atoms with Gasteiger partial charge in [0.05, 0.1) is 5.69 Å². The first-order chi connectivity index (χ1) is 16.8. The van der Waals surface area contributed by atoms with E-state index in [1.54, 1.807) is 42.5 Å². The van der Waals surface area contributed by atoms with Gasteiger partial charge in [0.2, 0.25) is 0 Å². The summed E-state index contributed by atoms with van der Waals surface area (Å²) in [5.74, 6) is -2.16. The normalized spacial score (nSPS) is 12.1. The second-order valence-electron chi connectivity index (χ2n) is 8.92. The van der Waals surface area contributed by atoms with Crippen LogP contribution in [0, 0.1) is 0 Å². The number of hydrogen-bond donors (Lipinski definition) is 1. The highest BCUT2D eigenvalue weighted by Crippen LogP contribution is 2.33. The van der Waals surface area contributed by atoms with E-state index < -0.39 is 12.1 Å². The fourth-order valence-electron chi connectivity index (χ4n) is 3.42. The molecule has 0 aliphatic heterocycles. The topological polar surface area (TPSA) is 84.0 Å². The van der Waals surface area contributed by atoms with E-state index in [4.69, 9.17) is 28.0 Å². The van der Waals surface area contributed by atoms with Crippen molar-refractivity contribution in [3.05, 3.63) is 75.8 Å². The zero-order chi connectivity index (χ0) is 26.3. The predicted molar refractivity (Wildman–Crippen MR) is 130 cm³/mol. The maximum absolute atomic E-state index is 13.1. The Morgan fingerprint density at radius 1 is 1.03 bits per heavy atom. The quantitative estimate of drug-likeness (QED) is 0.285. The van der Waals surface area contributed by atoms with Gasteiger partial charge in [-0.3, -0.25) is 0 Å². The van der Waals surface area contributed by atoms with E-state index >= 15 is 0 Å². The van der Waals surface area contributed by atoms with E-state index in [0.717, 1.165) is 11.9 Å². The van der Waals surface area contributed by atoms with E-state index in [0.29, 0.717) is 26.5 Å². The van der Waals surface area contributed by atoms with Crippen molar-refractivity contribution in [2.24, 2.45) is 0 Å². The summed E-state index contributed by atoms with van der Waals surface area (Å²) in [6, 6.07) is 11.6. The molecule has 0 unspecified atom stereocenters. The highest BCUT2D eigenvalue weighted by atomic mass is 35.5. The van der Waals surface area contributed by atoms with Crippen molar-refractivity contribution in [2.45, 2.75) is 38.8 Å². The molecule has 0 aliphatic carbocycles. The Bertz CT molecular complexity index is 1400. The summed E-state index contributed by atoms with van der Waals surface area (Å²) in [6.45, 7) is 5.98. The predicted octanol–water partition coefficient (Wildman–Crippen LogP) is 6.71. The molecule has 7 nitrogen and oxygen atoms in total. The molecule has 0 saturated carbocycles. The third kappa shape index (κ3) is 5.39. The fourth-order valence-corrected chi connectivity index (χ4v) is 3.95. The monoisotopic (exact) mass is 537 g/mol. The van der Waals surface area contributed by atoms with Gasteiger partial charge in [-0.15, -0.1) is 0 Å². The van der Waals surface area contributed by atoms with Crippen molar-refractivity contribution in [3.63, 3.8) is 0 Å². The third-order valence-electron chi connectivity index (χ3n) is 5.29. The van der Waals surface area contributed by atoms with Gasteiger partial charge < -0.3 is 9.82 Å². The number of nitrogens with zero attached hydrogens (tertiary/aromatic N) is 4. The van der Waals surface area contributed by atoms with Gasteiger partial charge in [-0.25, -0.2) is 19.7 Å². The average molecular weight is 538 g/mol. The van der Waals surface area contributed by atoms with E-state index in [-0.39, 0.29) is 34.5 Å². The number of aromatic amines is 1. The number of fused-ring (bicyclic) bond motifs is 1. The molecule has 0 bridgehead atoms. The number of imidazole rings is 1. The van der Waals surface area contributed by atoms with Gasteiger partial charge in [-0.05, 0) is 40.8 Å². The number of halogens is 5. The van der Waals surface area contributed by atoms with Gasteiger partial charge in [0.15, 0.2) is 11.5 Å². The van der Waals surface area contributed by atoms with Crippen LogP contribution in [-0.4, -0.2) is 32.1 Å². The zero-order valence-electron chi connectivity index (χ0n) is 19.3. The number of anilines is 2. The van der Waals surface area contributed by atoms with Crippen LogP contribution < -0.4 is 5.06 Å². The van der Waals surface area contributed by atoms with Gasteiger partial charge in [0.1, 0.15) is 17.7 Å². The molecule has 0 atom stereocenters. The maximum Gasteiger partial charge on any atom is 0.493 e. The van der Waals surface area contributed by atoms with Crippen LogP contribution in [0.15, 0.2) is 48.8 Å². The molecule has 0 amide bonds. The number of nitrogens with one attached hydrogen (secondary N) is 1. The Morgan fingerprint density at radius 3 is 2.25 bits per heavy atom. The molecule has 2 aromatic heterocycles. The highest BCUT2D eigenvalue weighted by molar-refractivity contribution is 6.36. The molecule has 4 rings (SSSR count). The minimum absolute atomic E-state index is 0.134. The van der Waals surface area contributed by atoms with Crippen molar-refractivity contribution >= 4 is 51.8 Å². The van der Waals surface area contributed by atoms with Crippen LogP contribution in [0.1, 0.15) is 37.7 Å². The Balaban J connectivity index is 1.79. The molecule has 0 aliphatic rings. The molecule has 2 heterocycles. The molecule has 1 N–H and O–H groups in total. The van der Waals surface area contributed by atoms with Crippen LogP contribution in [0.3, 0.4) is 0 Å². The largest absolute Gasteiger partial charge is 0.493 e. The summed E-state index contributed by atoms with van der Waals surface area (Å²) >= 11 is 12.5. The minimum Gasteiger partial charge on any atom is -0.337 e. The minimum atomic E-state index is -5.23. The summed E-state index contributed by atoms with van der Waals surface area (Å²) in [5.41, 5.74) is 1.79. The van der Waals surface area contributed by atoms with Crippen LogP contribution >= 0.6 is 23.2 Å². The lowest BCUT2D eigenvalue weighted by atomic mass is 9.87. The van der Waals surface area contributed by atoms with Crippen LogP contribution in [-0.2, 0) is 21.5 Å². The lowest BCUT2D eigenvalue weighted by Gasteiger charge is -2.24. The third-order valence-corrected chi connectivity index (χ3v) is 6.00. The number of aromatic nitrogens is 4. The van der Waals surface area contributed by atoms with Crippen LogP contribution in [0.5, 0.6) is 0 Å². The Kier molecular flexibility index (Phi) is 6.85. The SMILES string of the molecule is CC(C)(C)c1ccc(N(OC(=O)C(F)(F)F)c2ncnc3nc(Cc4c(Cl)cccc4Cl)[nH]c23)cc1. The standard InChI is InChI=1S/C24H20Cl2F3N5O2/c1-23(2,3)13-7-9-14(10-8-13)34(36-22(35)24(27,28)29)21-19-20(30-12-31-21)33-18(32-19)11-15-16(25)5-4-6-17(15)26/h4-10,12H,11H2,1-3H3,(H,30,31,32,33). The Hall–Kier alpha value is -3.37. The summed E-state index contributed by atoms with van der Waals surface area (Å²) in [4.78, 5) is 32.2. The molecule has 12 heteroatoms. The van der Waals surface area contributed by atoms with Gasteiger partial charge >= 0.3 is 12.1 Å². The summed E-state index contributed by atoms with van der Waals surface area (Å²) in [7, 11) is 0. The molecular weight excluding hydrogens is 518 g/mol. The number of rotatable bonds is 5. The fraction of sp³-hybridized carbons (Fsp3) is 0.250. The van der Waals surface area contributed by atoms with Gasteiger partial charge in [-0.1, -0.05) is 62.2 Å². The first kappa shape index (κ1) is 25.7. The number of carbonyl (C=O) groups is 1. The van der Waals surface area contributed by atoms with Gasteiger partial charge in [0, 0.05) is 16.5 Å². The van der Waals surface area contributed by atoms with Gasteiger partial charge in [0.25, 0.3) is 0 Å². The summed E-state index contributed by atoms with van der Waals surface area (Å²) in [5, 5.41) is 1.55. The van der Waals surface area contributed by atoms with Crippen molar-refractivity contribution in [1.29, 1.82) is 0 Å². The van der Waals surface area contributed by atoms with Gasteiger partial charge in [-0.2, -0.15) is 18.2 Å². The molecule has 36 heavy (non-hydrogen) atoms. The number of alkyl halides is 3. The van der Waals surface area contributed by atoms with Crippen molar-refractivity contribution in [3.8, 4) is 0 Å². The first-order valence-corrected chi connectivity index (χ1v) is 11.4.